The van der Waals surface area contributed by atoms with E-state index in [1.165, 1.54) is 12.1 Å². The Morgan fingerprint density at radius 2 is 1.95 bits per heavy atom. The number of carboxylic acid groups (broad SMARTS) is 1. The van der Waals surface area contributed by atoms with Gasteiger partial charge in [-0.25, -0.2) is 9.59 Å². The Bertz CT molecular complexity index is 533. The third-order valence-electron chi connectivity index (χ3n) is 2.74. The van der Waals surface area contributed by atoms with Crippen LogP contribution in [0.3, 0.4) is 0 Å². The van der Waals surface area contributed by atoms with E-state index in [4.69, 9.17) is 28.3 Å². The fraction of sp³-hybridized carbons (Fsp3) is 0.385. The van der Waals surface area contributed by atoms with Gasteiger partial charge in [0.15, 0.2) is 0 Å². The number of hydrogen-bond donors (Lipinski definition) is 2. The molecule has 0 unspecified atom stereocenters. The number of amides is 2. The second kappa shape index (κ2) is 6.81. The van der Waals surface area contributed by atoms with E-state index in [2.05, 4.69) is 5.32 Å². The summed E-state index contributed by atoms with van der Waals surface area (Å²) in [4.78, 5) is 24.9. The summed E-state index contributed by atoms with van der Waals surface area (Å²) >= 11 is 11.7. The molecule has 0 saturated heterocycles. The highest BCUT2D eigenvalue weighted by Crippen LogP contribution is 2.30. The first-order chi connectivity index (χ1) is 9.27. The Labute approximate surface area is 127 Å². The van der Waals surface area contributed by atoms with E-state index in [0.29, 0.717) is 6.54 Å². The quantitative estimate of drug-likeness (QED) is 0.882. The van der Waals surface area contributed by atoms with Crippen molar-refractivity contribution in [2.24, 2.45) is 0 Å². The fourth-order valence-corrected chi connectivity index (χ4v) is 2.33. The normalized spacial score (nSPS) is 10.5. The molecule has 20 heavy (non-hydrogen) atoms. The summed E-state index contributed by atoms with van der Waals surface area (Å²) in [6, 6.07) is 2.21. The minimum absolute atomic E-state index is 0.0145. The molecule has 0 fully saturated rings. The average Bonchev–Trinajstić information content (AvgIpc) is 2.32. The van der Waals surface area contributed by atoms with Gasteiger partial charge in [-0.1, -0.05) is 23.2 Å². The van der Waals surface area contributed by atoms with Gasteiger partial charge >= 0.3 is 12.0 Å². The first kappa shape index (κ1) is 16.6. The van der Waals surface area contributed by atoms with Gasteiger partial charge in [0, 0.05) is 17.6 Å². The van der Waals surface area contributed by atoms with Gasteiger partial charge in [-0.3, -0.25) is 0 Å². The van der Waals surface area contributed by atoms with Gasteiger partial charge in [-0.05, 0) is 32.9 Å². The number of hydrogen-bond acceptors (Lipinski definition) is 2. The van der Waals surface area contributed by atoms with E-state index in [0.717, 1.165) is 0 Å². The summed E-state index contributed by atoms with van der Waals surface area (Å²) in [5, 5.41) is 12.0. The third kappa shape index (κ3) is 3.77. The van der Waals surface area contributed by atoms with Crippen LogP contribution in [0.25, 0.3) is 0 Å². The van der Waals surface area contributed by atoms with Crippen LogP contribution in [-0.4, -0.2) is 34.6 Å². The molecule has 7 heteroatoms. The van der Waals surface area contributed by atoms with Crippen LogP contribution in [0.4, 0.5) is 10.5 Å². The Morgan fingerprint density at radius 3 is 2.40 bits per heavy atom. The number of nitrogens with zero attached hydrogens (tertiary/aromatic N) is 1. The van der Waals surface area contributed by atoms with Crippen molar-refractivity contribution in [2.45, 2.75) is 26.8 Å². The predicted molar refractivity (Wildman–Crippen MR) is 80.0 cm³/mol. The number of halogens is 2. The van der Waals surface area contributed by atoms with Crippen LogP contribution in [0, 0.1) is 0 Å². The molecule has 0 aliphatic heterocycles. The maximum atomic E-state index is 12.1. The summed E-state index contributed by atoms with van der Waals surface area (Å²) in [5.41, 5.74) is -0.0941. The molecule has 0 aromatic heterocycles. The number of urea groups is 1. The Morgan fingerprint density at radius 1 is 1.35 bits per heavy atom. The molecule has 0 heterocycles. The molecule has 1 aromatic rings. The number of nitrogens with one attached hydrogen (secondary N) is 1. The standard InChI is InChI=1S/C13H16Cl2N2O3/c1-4-17(7(2)3)13(20)16-11-9(12(18)19)5-8(14)6-10(11)15/h5-7H,4H2,1-3H3,(H,16,20)(H,18,19). The molecule has 2 N–H and O–H groups in total. The largest absolute Gasteiger partial charge is 0.478 e. The van der Waals surface area contributed by atoms with Gasteiger partial charge < -0.3 is 15.3 Å². The van der Waals surface area contributed by atoms with Crippen LogP contribution in [0.5, 0.6) is 0 Å². The minimum Gasteiger partial charge on any atom is -0.478 e. The molecule has 5 nitrogen and oxygen atoms in total. The van der Waals surface area contributed by atoms with Gasteiger partial charge in [0.1, 0.15) is 0 Å². The summed E-state index contributed by atoms with van der Waals surface area (Å²) in [6.45, 7) is 6.06. The molecule has 1 rings (SSSR count). The first-order valence-electron chi connectivity index (χ1n) is 6.07. The lowest BCUT2D eigenvalue weighted by atomic mass is 10.1. The number of carboxylic acids is 1. The lowest BCUT2D eigenvalue weighted by Crippen LogP contribution is -2.40. The smallest absolute Gasteiger partial charge is 0.337 e. The lowest BCUT2D eigenvalue weighted by molar-refractivity contribution is 0.0698. The Balaban J connectivity index is 3.15. The van der Waals surface area contributed by atoms with E-state index in [1.54, 1.807) is 4.90 Å². The third-order valence-corrected chi connectivity index (χ3v) is 3.26. The molecule has 0 aliphatic rings. The van der Waals surface area contributed by atoms with E-state index in [1.807, 2.05) is 20.8 Å². The average molecular weight is 319 g/mol. The molecule has 2 amide bonds. The molecule has 0 radical (unpaired) electrons. The number of rotatable bonds is 4. The number of carbonyl (C=O) groups excluding carboxylic acids is 1. The zero-order valence-corrected chi connectivity index (χ0v) is 12.9. The molecular weight excluding hydrogens is 303 g/mol. The highest BCUT2D eigenvalue weighted by atomic mass is 35.5. The lowest BCUT2D eigenvalue weighted by Gasteiger charge is -2.26. The SMILES string of the molecule is CCN(C(=O)Nc1c(Cl)cc(Cl)cc1C(=O)O)C(C)C. The van der Waals surface area contributed by atoms with Crippen molar-refractivity contribution >= 4 is 40.9 Å². The van der Waals surface area contributed by atoms with Crippen molar-refractivity contribution in [3.8, 4) is 0 Å². The van der Waals surface area contributed by atoms with Gasteiger partial charge in [0.2, 0.25) is 0 Å². The van der Waals surface area contributed by atoms with Crippen molar-refractivity contribution in [2.75, 3.05) is 11.9 Å². The Kier molecular flexibility index (Phi) is 5.65. The van der Waals surface area contributed by atoms with Gasteiger partial charge in [0.05, 0.1) is 16.3 Å². The summed E-state index contributed by atoms with van der Waals surface area (Å²) in [7, 11) is 0. The zero-order chi connectivity index (χ0) is 15.4. The number of carbonyl (C=O) groups is 2. The van der Waals surface area contributed by atoms with Crippen molar-refractivity contribution in [3.63, 3.8) is 0 Å². The molecule has 110 valence electrons. The van der Waals surface area contributed by atoms with Crippen molar-refractivity contribution in [1.29, 1.82) is 0 Å². The topological polar surface area (TPSA) is 69.6 Å². The van der Waals surface area contributed by atoms with E-state index < -0.39 is 12.0 Å². The van der Waals surface area contributed by atoms with Crippen molar-refractivity contribution in [3.05, 3.63) is 27.7 Å². The number of benzene rings is 1. The van der Waals surface area contributed by atoms with Crippen LogP contribution >= 0.6 is 23.2 Å². The van der Waals surface area contributed by atoms with E-state index in [9.17, 15) is 9.59 Å². The van der Waals surface area contributed by atoms with E-state index in [-0.39, 0.29) is 27.3 Å². The molecule has 0 aliphatic carbocycles. The molecule has 0 atom stereocenters. The minimum atomic E-state index is -1.21. The van der Waals surface area contributed by atoms with Crippen LogP contribution in [-0.2, 0) is 0 Å². The molecule has 0 bridgehead atoms. The maximum Gasteiger partial charge on any atom is 0.337 e. The monoisotopic (exact) mass is 318 g/mol. The van der Waals surface area contributed by atoms with Gasteiger partial charge in [-0.2, -0.15) is 0 Å². The predicted octanol–water partition coefficient (Wildman–Crippen LogP) is 3.95. The summed E-state index contributed by atoms with van der Waals surface area (Å²) in [5.74, 6) is -1.21. The maximum absolute atomic E-state index is 12.1. The second-order valence-corrected chi connectivity index (χ2v) is 5.27. The van der Waals surface area contributed by atoms with Crippen LogP contribution in [0.15, 0.2) is 12.1 Å². The van der Waals surface area contributed by atoms with E-state index >= 15 is 0 Å². The Hall–Kier alpha value is -1.46. The number of anilines is 1. The molecule has 1 aromatic carbocycles. The molecule has 0 saturated carbocycles. The van der Waals surface area contributed by atoms with Crippen molar-refractivity contribution in [1.82, 2.24) is 4.90 Å². The summed E-state index contributed by atoms with van der Waals surface area (Å²) < 4.78 is 0. The van der Waals surface area contributed by atoms with Crippen LogP contribution in [0.2, 0.25) is 10.0 Å². The summed E-state index contributed by atoms with van der Waals surface area (Å²) in [6.07, 6.45) is 0. The molecule has 0 spiro atoms. The molecular formula is C13H16Cl2N2O3. The highest BCUT2D eigenvalue weighted by Gasteiger charge is 2.21. The second-order valence-electron chi connectivity index (χ2n) is 4.43. The van der Waals surface area contributed by atoms with Crippen LogP contribution < -0.4 is 5.32 Å². The first-order valence-corrected chi connectivity index (χ1v) is 6.83. The van der Waals surface area contributed by atoms with Gasteiger partial charge in [-0.15, -0.1) is 0 Å². The highest BCUT2D eigenvalue weighted by molar-refractivity contribution is 6.37. The van der Waals surface area contributed by atoms with Crippen LogP contribution in [0.1, 0.15) is 31.1 Å². The fourth-order valence-electron chi connectivity index (χ4n) is 1.79. The number of aromatic carboxylic acids is 1. The van der Waals surface area contributed by atoms with Gasteiger partial charge in [0.25, 0.3) is 0 Å². The van der Waals surface area contributed by atoms with Crippen molar-refractivity contribution < 1.29 is 14.7 Å². The zero-order valence-electron chi connectivity index (χ0n) is 11.4.